The fourth-order valence-corrected chi connectivity index (χ4v) is 2.39. The second kappa shape index (κ2) is 17.3. The molecule has 0 fully saturated rings. The topological polar surface area (TPSA) is 87.0 Å². The third-order valence-corrected chi connectivity index (χ3v) is 4.05. The Kier molecular flexibility index (Phi) is 16.5. The SMILES string of the molecule is CCCCC/C=C\C/C=C\CCCCCCCC(=O)OCC(O)(O)CO. The van der Waals surface area contributed by atoms with Crippen LogP contribution in [-0.2, 0) is 9.53 Å². The number of unbranched alkanes of at least 4 members (excludes halogenated alkanes) is 8. The third-order valence-electron chi connectivity index (χ3n) is 4.05. The lowest BCUT2D eigenvalue weighted by atomic mass is 10.1. The highest BCUT2D eigenvalue weighted by molar-refractivity contribution is 5.69. The van der Waals surface area contributed by atoms with Gasteiger partial charge in [-0.15, -0.1) is 0 Å². The smallest absolute Gasteiger partial charge is 0.305 e. The van der Waals surface area contributed by atoms with Crippen LogP contribution in [0, 0.1) is 0 Å². The van der Waals surface area contributed by atoms with E-state index in [-0.39, 0.29) is 6.42 Å². The van der Waals surface area contributed by atoms with Gasteiger partial charge in [0.05, 0.1) is 0 Å². The van der Waals surface area contributed by atoms with Crippen molar-refractivity contribution in [1.29, 1.82) is 0 Å². The Hall–Kier alpha value is -1.17. The van der Waals surface area contributed by atoms with E-state index in [1.807, 2.05) is 0 Å². The molecule has 0 atom stereocenters. The molecule has 0 unspecified atom stereocenters. The number of hydrogen-bond acceptors (Lipinski definition) is 5. The minimum absolute atomic E-state index is 0.270. The fraction of sp³-hybridized carbons (Fsp3) is 0.762. The highest BCUT2D eigenvalue weighted by Gasteiger charge is 2.23. The first-order valence-electron chi connectivity index (χ1n) is 10.0. The maximum Gasteiger partial charge on any atom is 0.305 e. The van der Waals surface area contributed by atoms with Gasteiger partial charge in [0.25, 0.3) is 0 Å². The highest BCUT2D eigenvalue weighted by atomic mass is 16.6. The first kappa shape index (κ1) is 24.8. The Balaban J connectivity index is 3.38. The molecule has 3 N–H and O–H groups in total. The normalized spacial score (nSPS) is 12.3. The number of aliphatic hydroxyl groups is 3. The molecule has 152 valence electrons. The van der Waals surface area contributed by atoms with E-state index in [0.29, 0.717) is 0 Å². The summed E-state index contributed by atoms with van der Waals surface area (Å²) in [6.07, 6.45) is 21.5. The number of esters is 1. The molecule has 0 aromatic rings. The van der Waals surface area contributed by atoms with E-state index in [2.05, 4.69) is 31.2 Å². The molecule has 26 heavy (non-hydrogen) atoms. The zero-order valence-corrected chi connectivity index (χ0v) is 16.4. The van der Waals surface area contributed by atoms with Crippen LogP contribution in [0.4, 0.5) is 0 Å². The summed E-state index contributed by atoms with van der Waals surface area (Å²) in [5, 5.41) is 26.8. The lowest BCUT2D eigenvalue weighted by molar-refractivity contribution is -0.218. The number of carbonyl (C=O) groups excluding carboxylic acids is 1. The van der Waals surface area contributed by atoms with E-state index in [9.17, 15) is 4.79 Å². The summed E-state index contributed by atoms with van der Waals surface area (Å²) in [6.45, 7) is 0.770. The summed E-state index contributed by atoms with van der Waals surface area (Å²) in [5.74, 6) is -2.80. The molecule has 5 nitrogen and oxygen atoms in total. The zero-order chi connectivity index (χ0) is 19.5. The van der Waals surface area contributed by atoms with Crippen LogP contribution in [0.1, 0.15) is 84.0 Å². The van der Waals surface area contributed by atoms with Gasteiger partial charge in [0.2, 0.25) is 5.79 Å². The number of carbonyl (C=O) groups is 1. The van der Waals surface area contributed by atoms with Crippen molar-refractivity contribution in [2.75, 3.05) is 13.2 Å². The van der Waals surface area contributed by atoms with Crippen molar-refractivity contribution in [1.82, 2.24) is 0 Å². The highest BCUT2D eigenvalue weighted by Crippen LogP contribution is 2.09. The number of aliphatic hydroxyl groups excluding tert-OH is 1. The Morgan fingerprint density at radius 1 is 0.885 bits per heavy atom. The van der Waals surface area contributed by atoms with E-state index < -0.39 is 25.0 Å². The summed E-state index contributed by atoms with van der Waals surface area (Å²) in [5.41, 5.74) is 0. The zero-order valence-electron chi connectivity index (χ0n) is 16.4. The van der Waals surface area contributed by atoms with Crippen molar-refractivity contribution in [3.63, 3.8) is 0 Å². The van der Waals surface area contributed by atoms with Crippen LogP contribution in [0.25, 0.3) is 0 Å². The quantitative estimate of drug-likeness (QED) is 0.156. The van der Waals surface area contributed by atoms with Gasteiger partial charge in [-0.2, -0.15) is 0 Å². The standard InChI is InChI=1S/C21H38O5/c1-2-3-4-5-6-7-8-9-10-11-12-13-14-15-16-17-20(23)26-19-21(24,25)18-22/h6-7,9-10,22,24-25H,2-5,8,11-19H2,1H3/b7-6-,10-9-. The van der Waals surface area contributed by atoms with Gasteiger partial charge < -0.3 is 20.1 Å². The van der Waals surface area contributed by atoms with Gasteiger partial charge >= 0.3 is 5.97 Å². The Morgan fingerprint density at radius 2 is 1.46 bits per heavy atom. The largest absolute Gasteiger partial charge is 0.460 e. The summed E-state index contributed by atoms with van der Waals surface area (Å²) in [6, 6.07) is 0. The van der Waals surface area contributed by atoms with Gasteiger partial charge in [-0.3, -0.25) is 4.79 Å². The van der Waals surface area contributed by atoms with Crippen molar-refractivity contribution in [2.45, 2.75) is 89.8 Å². The van der Waals surface area contributed by atoms with Crippen LogP contribution >= 0.6 is 0 Å². The van der Waals surface area contributed by atoms with E-state index >= 15 is 0 Å². The molecule has 0 aliphatic carbocycles. The van der Waals surface area contributed by atoms with Gasteiger partial charge in [0.15, 0.2) is 0 Å². The van der Waals surface area contributed by atoms with Crippen LogP contribution in [0.5, 0.6) is 0 Å². The van der Waals surface area contributed by atoms with Gasteiger partial charge in [-0.1, -0.05) is 63.3 Å². The lowest BCUT2D eigenvalue weighted by Gasteiger charge is -2.18. The summed E-state index contributed by atoms with van der Waals surface area (Å²) in [7, 11) is 0. The average Bonchev–Trinajstić information content (AvgIpc) is 2.63. The van der Waals surface area contributed by atoms with Gasteiger partial charge in [0, 0.05) is 6.42 Å². The lowest BCUT2D eigenvalue weighted by Crippen LogP contribution is -2.39. The van der Waals surface area contributed by atoms with E-state index in [4.69, 9.17) is 20.1 Å². The van der Waals surface area contributed by atoms with E-state index in [1.165, 1.54) is 25.7 Å². The predicted octanol–water partition coefficient (Wildman–Crippen LogP) is 4.02. The van der Waals surface area contributed by atoms with Crippen LogP contribution in [0.15, 0.2) is 24.3 Å². The number of ether oxygens (including phenoxy) is 1. The minimum Gasteiger partial charge on any atom is -0.460 e. The van der Waals surface area contributed by atoms with Gasteiger partial charge in [0.1, 0.15) is 13.2 Å². The van der Waals surface area contributed by atoms with Crippen molar-refractivity contribution in [3.05, 3.63) is 24.3 Å². The summed E-state index contributed by atoms with van der Waals surface area (Å²) in [4.78, 5) is 11.4. The Morgan fingerprint density at radius 3 is 2.08 bits per heavy atom. The van der Waals surface area contributed by atoms with Crippen LogP contribution in [-0.4, -0.2) is 40.3 Å². The minimum atomic E-state index is -2.34. The second-order valence-corrected chi connectivity index (χ2v) is 6.78. The molecule has 0 saturated heterocycles. The number of allylic oxidation sites excluding steroid dienone is 4. The molecule has 0 saturated carbocycles. The molecule has 0 aromatic carbocycles. The van der Waals surface area contributed by atoms with Crippen molar-refractivity contribution < 1.29 is 24.9 Å². The monoisotopic (exact) mass is 370 g/mol. The van der Waals surface area contributed by atoms with Crippen LogP contribution in [0.3, 0.4) is 0 Å². The van der Waals surface area contributed by atoms with Crippen LogP contribution in [0.2, 0.25) is 0 Å². The molecular formula is C21H38O5. The molecule has 0 rings (SSSR count). The molecular weight excluding hydrogens is 332 g/mol. The van der Waals surface area contributed by atoms with E-state index in [1.54, 1.807) is 0 Å². The molecule has 0 bridgehead atoms. The summed E-state index contributed by atoms with van der Waals surface area (Å²) < 4.78 is 4.70. The summed E-state index contributed by atoms with van der Waals surface area (Å²) >= 11 is 0. The molecule has 5 heteroatoms. The van der Waals surface area contributed by atoms with Crippen molar-refractivity contribution in [2.24, 2.45) is 0 Å². The number of rotatable bonds is 17. The Labute approximate surface area is 158 Å². The Bertz CT molecular complexity index is 388. The van der Waals surface area contributed by atoms with Gasteiger partial charge in [-0.25, -0.2) is 0 Å². The molecule has 0 heterocycles. The molecule has 0 amide bonds. The molecule has 0 aromatic heterocycles. The van der Waals surface area contributed by atoms with Crippen molar-refractivity contribution in [3.8, 4) is 0 Å². The number of hydrogen-bond donors (Lipinski definition) is 3. The molecule has 0 spiro atoms. The first-order chi connectivity index (χ1) is 12.5. The fourth-order valence-electron chi connectivity index (χ4n) is 2.39. The first-order valence-corrected chi connectivity index (χ1v) is 10.0. The molecule has 0 aliphatic heterocycles. The van der Waals surface area contributed by atoms with E-state index in [0.717, 1.165) is 44.9 Å². The predicted molar refractivity (Wildman–Crippen MR) is 105 cm³/mol. The average molecular weight is 371 g/mol. The molecule has 0 radical (unpaired) electrons. The molecule has 0 aliphatic rings. The maximum absolute atomic E-state index is 11.4. The second-order valence-electron chi connectivity index (χ2n) is 6.78. The van der Waals surface area contributed by atoms with Gasteiger partial charge in [-0.05, 0) is 38.5 Å². The van der Waals surface area contributed by atoms with Crippen LogP contribution < -0.4 is 0 Å². The third kappa shape index (κ3) is 17.6. The van der Waals surface area contributed by atoms with Crippen molar-refractivity contribution >= 4 is 5.97 Å². The maximum atomic E-state index is 11.4.